The lowest BCUT2D eigenvalue weighted by molar-refractivity contribution is 1.46. The Balaban J connectivity index is 2.48. The molecule has 102 valence electrons. The minimum absolute atomic E-state index is 0.942. The molecule has 0 aromatic heterocycles. The summed E-state index contributed by atoms with van der Waals surface area (Å²) in [5.74, 6) is 0. The summed E-state index contributed by atoms with van der Waals surface area (Å²) in [5.41, 5.74) is 6.29. The largest absolute Gasteiger partial charge is 0.0616 e. The van der Waals surface area contributed by atoms with Crippen molar-refractivity contribution in [1.82, 2.24) is 0 Å². The van der Waals surface area contributed by atoms with Crippen molar-refractivity contribution < 1.29 is 0 Å². The molecule has 0 bridgehead atoms. The normalized spacial score (nSPS) is 11.3. The Bertz CT molecular complexity index is 645. The van der Waals surface area contributed by atoms with E-state index in [2.05, 4.69) is 100 Å². The van der Waals surface area contributed by atoms with Gasteiger partial charge in [-0.1, -0.05) is 60.2 Å². The lowest BCUT2D eigenvalue weighted by Crippen LogP contribution is -1.87. The molecule has 2 heteroatoms. The van der Waals surface area contributed by atoms with Gasteiger partial charge in [0.05, 0.1) is 3.39 Å². The van der Waals surface area contributed by atoms with E-state index in [1.165, 1.54) is 27.8 Å². The van der Waals surface area contributed by atoms with Gasteiger partial charge in [-0.05, 0) is 74.0 Å². The summed E-state index contributed by atoms with van der Waals surface area (Å²) in [6.07, 6.45) is 4.10. The molecule has 20 heavy (non-hydrogen) atoms. The van der Waals surface area contributed by atoms with Crippen LogP contribution in [0.25, 0.3) is 16.7 Å². The maximum absolute atomic E-state index is 3.38. The third-order valence-electron chi connectivity index (χ3n) is 3.17. The van der Waals surface area contributed by atoms with Crippen LogP contribution in [0.1, 0.15) is 18.1 Å². The maximum Gasteiger partial charge on any atom is 0.0604 e. The highest BCUT2D eigenvalue weighted by Gasteiger charge is 2.05. The van der Waals surface area contributed by atoms with Gasteiger partial charge in [-0.2, -0.15) is 0 Å². The zero-order valence-corrected chi connectivity index (χ0v) is 14.7. The van der Waals surface area contributed by atoms with E-state index >= 15 is 0 Å². The first-order chi connectivity index (χ1) is 9.58. The van der Waals surface area contributed by atoms with Gasteiger partial charge in [-0.15, -0.1) is 0 Å². The molecule has 0 saturated heterocycles. The fourth-order valence-electron chi connectivity index (χ4n) is 2.09. The summed E-state index contributed by atoms with van der Waals surface area (Å²) in [4.78, 5) is 0. The second-order valence-corrected chi connectivity index (χ2v) is 7.49. The number of hydrogen-bond donors (Lipinski definition) is 0. The van der Waals surface area contributed by atoms with Crippen molar-refractivity contribution in [2.45, 2.75) is 13.8 Å². The molecule has 2 aromatic rings. The van der Waals surface area contributed by atoms with Crippen molar-refractivity contribution >= 4 is 37.4 Å². The van der Waals surface area contributed by atoms with Gasteiger partial charge in [-0.3, -0.25) is 0 Å². The van der Waals surface area contributed by atoms with E-state index in [1.54, 1.807) is 0 Å². The Hall–Kier alpha value is -1.12. The van der Waals surface area contributed by atoms with Gasteiger partial charge in [0, 0.05) is 0 Å². The molecule has 0 nitrogen and oxygen atoms in total. The Labute approximate surface area is 137 Å². The molecule has 0 N–H and O–H groups in total. The second kappa shape index (κ2) is 7.05. The molecule has 0 saturated carbocycles. The molecule has 0 unspecified atom stereocenters. The summed E-state index contributed by atoms with van der Waals surface area (Å²) in [7, 11) is 0. The van der Waals surface area contributed by atoms with Crippen LogP contribution in [0.4, 0.5) is 0 Å². The van der Waals surface area contributed by atoms with Crippen molar-refractivity contribution in [2.75, 3.05) is 0 Å². The number of hydrogen-bond acceptors (Lipinski definition) is 0. The Morgan fingerprint density at radius 3 is 2.20 bits per heavy atom. The molecule has 2 aromatic carbocycles. The maximum atomic E-state index is 3.38. The standard InChI is InChI=1S/C18H16Br2/c1-13-7-10-15(11-8-13)17-6-4-3-5-16(17)14(2)9-12-18(19)20/h3-12H,1-2H3. The average Bonchev–Trinajstić information content (AvgIpc) is 2.45. The van der Waals surface area contributed by atoms with E-state index in [9.17, 15) is 0 Å². The predicted molar refractivity (Wildman–Crippen MR) is 96.2 cm³/mol. The third kappa shape index (κ3) is 3.94. The fourth-order valence-corrected chi connectivity index (χ4v) is 2.35. The van der Waals surface area contributed by atoms with Crippen LogP contribution in [0.15, 0.2) is 64.1 Å². The van der Waals surface area contributed by atoms with Crippen molar-refractivity contribution in [1.29, 1.82) is 0 Å². The number of aryl methyl sites for hydroxylation is 1. The van der Waals surface area contributed by atoms with E-state index in [0.29, 0.717) is 0 Å². The van der Waals surface area contributed by atoms with E-state index in [4.69, 9.17) is 0 Å². The van der Waals surface area contributed by atoms with Crippen molar-refractivity contribution in [2.24, 2.45) is 0 Å². The smallest absolute Gasteiger partial charge is 0.0604 e. The van der Waals surface area contributed by atoms with Gasteiger partial charge in [0.15, 0.2) is 0 Å². The van der Waals surface area contributed by atoms with Crippen LogP contribution < -0.4 is 0 Å². The van der Waals surface area contributed by atoms with Gasteiger partial charge in [0.2, 0.25) is 0 Å². The molecular weight excluding hydrogens is 376 g/mol. The molecule has 0 heterocycles. The summed E-state index contributed by atoms with van der Waals surface area (Å²) < 4.78 is 0.942. The van der Waals surface area contributed by atoms with Gasteiger partial charge < -0.3 is 0 Å². The summed E-state index contributed by atoms with van der Waals surface area (Å²) in [6, 6.07) is 17.2. The summed E-state index contributed by atoms with van der Waals surface area (Å²) in [5, 5.41) is 0. The summed E-state index contributed by atoms with van der Waals surface area (Å²) >= 11 is 6.76. The topological polar surface area (TPSA) is 0 Å². The van der Waals surface area contributed by atoms with E-state index in [-0.39, 0.29) is 0 Å². The van der Waals surface area contributed by atoms with Crippen LogP contribution in [0.5, 0.6) is 0 Å². The van der Waals surface area contributed by atoms with Crippen molar-refractivity contribution in [3.8, 4) is 11.1 Å². The lowest BCUT2D eigenvalue weighted by Gasteiger charge is -2.10. The monoisotopic (exact) mass is 390 g/mol. The van der Waals surface area contributed by atoms with E-state index in [1.807, 2.05) is 6.08 Å². The molecule has 0 aliphatic carbocycles. The number of benzene rings is 2. The Kier molecular flexibility index (Phi) is 5.38. The minimum atomic E-state index is 0.942. The molecular formula is C18H16Br2. The molecule has 2 rings (SSSR count). The fraction of sp³-hybridized carbons (Fsp3) is 0.111. The van der Waals surface area contributed by atoms with Gasteiger partial charge >= 0.3 is 0 Å². The van der Waals surface area contributed by atoms with Crippen LogP contribution in [0.2, 0.25) is 0 Å². The van der Waals surface area contributed by atoms with Crippen LogP contribution in [0, 0.1) is 6.92 Å². The van der Waals surface area contributed by atoms with Crippen LogP contribution in [0.3, 0.4) is 0 Å². The predicted octanol–water partition coefficient (Wildman–Crippen LogP) is 6.70. The first kappa shape index (κ1) is 15.3. The molecule has 0 spiro atoms. The van der Waals surface area contributed by atoms with Crippen molar-refractivity contribution in [3.63, 3.8) is 0 Å². The Morgan fingerprint density at radius 2 is 1.55 bits per heavy atom. The quantitative estimate of drug-likeness (QED) is 0.510. The second-order valence-electron chi connectivity index (χ2n) is 4.72. The molecule has 0 aliphatic heterocycles. The number of halogens is 2. The van der Waals surface area contributed by atoms with Crippen LogP contribution >= 0.6 is 31.9 Å². The third-order valence-corrected chi connectivity index (χ3v) is 3.70. The average molecular weight is 392 g/mol. The van der Waals surface area contributed by atoms with Gasteiger partial charge in [-0.25, -0.2) is 0 Å². The number of allylic oxidation sites excluding steroid dienone is 3. The van der Waals surface area contributed by atoms with Gasteiger partial charge in [0.1, 0.15) is 0 Å². The number of rotatable bonds is 3. The molecule has 0 radical (unpaired) electrons. The van der Waals surface area contributed by atoms with E-state index in [0.717, 1.165) is 3.39 Å². The minimum Gasteiger partial charge on any atom is -0.0616 e. The highest BCUT2D eigenvalue weighted by Crippen LogP contribution is 2.29. The zero-order valence-electron chi connectivity index (χ0n) is 11.5. The highest BCUT2D eigenvalue weighted by atomic mass is 79.9. The highest BCUT2D eigenvalue weighted by molar-refractivity contribution is 9.28. The van der Waals surface area contributed by atoms with E-state index < -0.39 is 0 Å². The molecule has 0 aliphatic rings. The molecule has 0 fully saturated rings. The molecule has 0 amide bonds. The molecule has 0 atom stereocenters. The Morgan fingerprint density at radius 1 is 0.900 bits per heavy atom. The lowest BCUT2D eigenvalue weighted by atomic mass is 9.94. The summed E-state index contributed by atoms with van der Waals surface area (Å²) in [6.45, 7) is 4.24. The van der Waals surface area contributed by atoms with Crippen LogP contribution in [-0.2, 0) is 0 Å². The van der Waals surface area contributed by atoms with Gasteiger partial charge in [0.25, 0.3) is 0 Å². The first-order valence-corrected chi connectivity index (χ1v) is 8.02. The van der Waals surface area contributed by atoms with Crippen LogP contribution in [-0.4, -0.2) is 0 Å². The SMILES string of the molecule is CC(=CC=C(Br)Br)c1ccccc1-c1ccc(C)cc1. The first-order valence-electron chi connectivity index (χ1n) is 6.44. The van der Waals surface area contributed by atoms with Crippen molar-refractivity contribution in [3.05, 3.63) is 75.2 Å². The zero-order chi connectivity index (χ0) is 14.5.